The maximum Gasteiger partial charge on any atom is 0.244 e. The number of hydrogen-bond acceptors (Lipinski definition) is 3. The zero-order valence-electron chi connectivity index (χ0n) is 13.9. The van der Waals surface area contributed by atoms with Crippen molar-refractivity contribution in [3.8, 4) is 5.75 Å². The number of nitrogens with zero attached hydrogens (tertiary/aromatic N) is 1. The van der Waals surface area contributed by atoms with Crippen LogP contribution in [0, 0.1) is 0 Å². The highest BCUT2D eigenvalue weighted by molar-refractivity contribution is 6.44. The van der Waals surface area contributed by atoms with Gasteiger partial charge in [-0.25, -0.2) is 0 Å². The van der Waals surface area contributed by atoms with Gasteiger partial charge in [0, 0.05) is 13.5 Å². The van der Waals surface area contributed by atoms with Crippen molar-refractivity contribution >= 4 is 40.7 Å². The molecule has 2 rings (SSSR count). The third kappa shape index (κ3) is 5.37. The molecule has 1 N–H and O–H groups in total. The Bertz CT molecular complexity index is 763. The molecule has 0 aromatic heterocycles. The molecule has 2 aromatic carbocycles. The molecule has 0 atom stereocenters. The number of benzene rings is 2. The van der Waals surface area contributed by atoms with Crippen LogP contribution in [-0.2, 0) is 16.1 Å². The van der Waals surface area contributed by atoms with Crippen LogP contribution in [-0.4, -0.2) is 30.4 Å². The van der Waals surface area contributed by atoms with Gasteiger partial charge >= 0.3 is 0 Å². The first-order valence-corrected chi connectivity index (χ1v) is 8.28. The number of ether oxygens (including phenoxy) is 1. The molecule has 0 aliphatic rings. The number of nitrogens with one attached hydrogen (secondary N) is 1. The summed E-state index contributed by atoms with van der Waals surface area (Å²) in [5.41, 5.74) is 1.30. The van der Waals surface area contributed by atoms with Gasteiger partial charge in [0.25, 0.3) is 0 Å². The van der Waals surface area contributed by atoms with Gasteiger partial charge < -0.3 is 15.0 Å². The zero-order valence-corrected chi connectivity index (χ0v) is 15.4. The first kappa shape index (κ1) is 19.1. The quantitative estimate of drug-likeness (QED) is 0.823. The van der Waals surface area contributed by atoms with E-state index in [-0.39, 0.29) is 23.4 Å². The first-order chi connectivity index (χ1) is 11.9. The summed E-state index contributed by atoms with van der Waals surface area (Å²) in [4.78, 5) is 25.5. The Morgan fingerprint density at radius 3 is 2.40 bits per heavy atom. The molecule has 0 bridgehead atoms. The van der Waals surface area contributed by atoms with Gasteiger partial charge in [0.1, 0.15) is 12.3 Å². The molecule has 0 saturated heterocycles. The Labute approximate surface area is 156 Å². The molecule has 2 amide bonds. The molecule has 0 aliphatic carbocycles. The number of carbonyl (C=O) groups excluding carboxylic acids is 2. The van der Waals surface area contributed by atoms with E-state index in [1.807, 2.05) is 12.1 Å². The molecule has 132 valence electrons. The van der Waals surface area contributed by atoms with E-state index >= 15 is 0 Å². The second kappa shape index (κ2) is 8.74. The molecule has 2 aromatic rings. The molecule has 0 unspecified atom stereocenters. The van der Waals surface area contributed by atoms with E-state index in [2.05, 4.69) is 5.32 Å². The molecule has 0 spiro atoms. The van der Waals surface area contributed by atoms with Gasteiger partial charge in [-0.1, -0.05) is 41.4 Å². The molecular formula is C18H18Cl2N2O3. The van der Waals surface area contributed by atoms with Crippen molar-refractivity contribution in [2.75, 3.05) is 19.0 Å². The molecule has 0 aliphatic heterocycles. The van der Waals surface area contributed by atoms with Gasteiger partial charge in [0.15, 0.2) is 0 Å². The van der Waals surface area contributed by atoms with Crippen LogP contribution >= 0.6 is 23.2 Å². The highest BCUT2D eigenvalue weighted by Crippen LogP contribution is 2.29. The van der Waals surface area contributed by atoms with Crippen molar-refractivity contribution in [3.05, 3.63) is 58.1 Å². The zero-order chi connectivity index (χ0) is 18.4. The molecule has 0 heterocycles. The van der Waals surface area contributed by atoms with Gasteiger partial charge in [-0.3, -0.25) is 9.59 Å². The van der Waals surface area contributed by atoms with Gasteiger partial charge in [-0.15, -0.1) is 0 Å². The normalized spacial score (nSPS) is 10.2. The largest absolute Gasteiger partial charge is 0.497 e. The minimum Gasteiger partial charge on any atom is -0.497 e. The standard InChI is InChI=1S/C18H18Cl2N2O3/c1-12(23)22(10-13-6-8-14(25-2)9-7-13)11-17(24)21-16-5-3-4-15(19)18(16)20/h3-9H,10-11H2,1-2H3,(H,21,24). The third-order valence-corrected chi connectivity index (χ3v) is 4.36. The number of carbonyl (C=O) groups is 2. The van der Waals surface area contributed by atoms with E-state index < -0.39 is 0 Å². The maximum absolute atomic E-state index is 12.3. The van der Waals surface area contributed by atoms with Gasteiger partial charge in [0.05, 0.1) is 22.8 Å². The Balaban J connectivity index is 2.03. The Morgan fingerprint density at radius 1 is 1.12 bits per heavy atom. The predicted molar refractivity (Wildman–Crippen MR) is 99.2 cm³/mol. The number of methoxy groups -OCH3 is 1. The second-order valence-electron chi connectivity index (χ2n) is 5.37. The molecule has 0 fully saturated rings. The number of halogens is 2. The number of hydrogen-bond donors (Lipinski definition) is 1. The fraction of sp³-hybridized carbons (Fsp3) is 0.222. The van der Waals surface area contributed by atoms with Crippen molar-refractivity contribution in [3.63, 3.8) is 0 Å². The summed E-state index contributed by atoms with van der Waals surface area (Å²) in [7, 11) is 1.59. The summed E-state index contributed by atoms with van der Waals surface area (Å²) in [5, 5.41) is 3.29. The van der Waals surface area contributed by atoms with Crippen molar-refractivity contribution in [1.82, 2.24) is 4.90 Å². The molecule has 5 nitrogen and oxygen atoms in total. The predicted octanol–water partition coefficient (Wildman–Crippen LogP) is 3.99. The monoisotopic (exact) mass is 380 g/mol. The fourth-order valence-electron chi connectivity index (χ4n) is 2.19. The average Bonchev–Trinajstić information content (AvgIpc) is 2.59. The molecule has 0 radical (unpaired) electrons. The summed E-state index contributed by atoms with van der Waals surface area (Å²) in [5.74, 6) is 0.169. The van der Waals surface area contributed by atoms with E-state index in [1.165, 1.54) is 11.8 Å². The van der Waals surface area contributed by atoms with Crippen molar-refractivity contribution < 1.29 is 14.3 Å². The highest BCUT2D eigenvalue weighted by atomic mass is 35.5. The topological polar surface area (TPSA) is 58.6 Å². The summed E-state index contributed by atoms with van der Waals surface area (Å²) in [6.45, 7) is 1.64. The van der Waals surface area contributed by atoms with Crippen molar-refractivity contribution in [2.24, 2.45) is 0 Å². The van der Waals surface area contributed by atoms with Crippen LogP contribution in [0.15, 0.2) is 42.5 Å². The van der Waals surface area contributed by atoms with Crippen LogP contribution in [0.5, 0.6) is 5.75 Å². The van der Waals surface area contributed by atoms with E-state index in [4.69, 9.17) is 27.9 Å². The number of amides is 2. The second-order valence-corrected chi connectivity index (χ2v) is 6.16. The summed E-state index contributed by atoms with van der Waals surface area (Å²) in [6.07, 6.45) is 0. The Morgan fingerprint density at radius 2 is 1.80 bits per heavy atom. The van der Waals surface area contributed by atoms with Crippen LogP contribution in [0.2, 0.25) is 10.0 Å². The Hall–Kier alpha value is -2.24. The highest BCUT2D eigenvalue weighted by Gasteiger charge is 2.16. The summed E-state index contributed by atoms with van der Waals surface area (Å²) in [6, 6.07) is 12.3. The van der Waals surface area contributed by atoms with Crippen LogP contribution in [0.3, 0.4) is 0 Å². The SMILES string of the molecule is COc1ccc(CN(CC(=O)Nc2cccc(Cl)c2Cl)C(C)=O)cc1. The minimum atomic E-state index is -0.354. The number of anilines is 1. The fourth-order valence-corrected chi connectivity index (χ4v) is 2.54. The van der Waals surface area contributed by atoms with Crippen molar-refractivity contribution in [1.29, 1.82) is 0 Å². The van der Waals surface area contributed by atoms with Gasteiger partial charge in [-0.05, 0) is 29.8 Å². The maximum atomic E-state index is 12.3. The molecule has 7 heteroatoms. The average molecular weight is 381 g/mol. The van der Waals surface area contributed by atoms with Crippen LogP contribution < -0.4 is 10.1 Å². The molecular weight excluding hydrogens is 363 g/mol. The summed E-state index contributed by atoms with van der Waals surface area (Å²) < 4.78 is 5.11. The van der Waals surface area contributed by atoms with E-state index in [1.54, 1.807) is 37.4 Å². The van der Waals surface area contributed by atoms with Crippen molar-refractivity contribution in [2.45, 2.75) is 13.5 Å². The van der Waals surface area contributed by atoms with E-state index in [9.17, 15) is 9.59 Å². The van der Waals surface area contributed by atoms with Gasteiger partial charge in [0.2, 0.25) is 11.8 Å². The van der Waals surface area contributed by atoms with Crippen LogP contribution in [0.1, 0.15) is 12.5 Å². The van der Waals surface area contributed by atoms with E-state index in [0.29, 0.717) is 17.3 Å². The van der Waals surface area contributed by atoms with Crippen LogP contribution in [0.4, 0.5) is 5.69 Å². The lowest BCUT2D eigenvalue weighted by Gasteiger charge is -2.21. The lowest BCUT2D eigenvalue weighted by atomic mass is 10.2. The van der Waals surface area contributed by atoms with Gasteiger partial charge in [-0.2, -0.15) is 0 Å². The van der Waals surface area contributed by atoms with Crippen LogP contribution in [0.25, 0.3) is 0 Å². The minimum absolute atomic E-state index is 0.0931. The lowest BCUT2D eigenvalue weighted by Crippen LogP contribution is -2.36. The number of rotatable bonds is 6. The molecule has 0 saturated carbocycles. The summed E-state index contributed by atoms with van der Waals surface area (Å²) >= 11 is 12.0. The van der Waals surface area contributed by atoms with E-state index in [0.717, 1.165) is 11.3 Å². The Kier molecular flexibility index (Phi) is 6.67. The third-order valence-electron chi connectivity index (χ3n) is 3.54. The smallest absolute Gasteiger partial charge is 0.244 e. The first-order valence-electron chi connectivity index (χ1n) is 7.53. The molecule has 25 heavy (non-hydrogen) atoms. The lowest BCUT2D eigenvalue weighted by molar-refractivity contribution is -0.133.